The number of nitrogens with one attached hydrogen (secondary N) is 1. The van der Waals surface area contributed by atoms with Gasteiger partial charge in [0.15, 0.2) is 15.8 Å². The Kier molecular flexibility index (Phi) is 8.30. The van der Waals surface area contributed by atoms with E-state index in [0.29, 0.717) is 50.3 Å². The van der Waals surface area contributed by atoms with Gasteiger partial charge in [0.25, 0.3) is 5.91 Å². The number of carbonyl (C=O) groups excluding carboxylic acids is 2. The van der Waals surface area contributed by atoms with Crippen LogP contribution in [-0.4, -0.2) is 22.7 Å². The third-order valence-corrected chi connectivity index (χ3v) is 6.82. The molecule has 1 heterocycles. The van der Waals surface area contributed by atoms with Crippen LogP contribution in [0.15, 0.2) is 71.6 Å². The van der Waals surface area contributed by atoms with Crippen molar-refractivity contribution in [2.24, 2.45) is 0 Å². The van der Waals surface area contributed by atoms with Crippen LogP contribution >= 0.6 is 35.6 Å². The first kappa shape index (κ1) is 25.8. The lowest BCUT2D eigenvalue weighted by Gasteiger charge is -2.15. The van der Waals surface area contributed by atoms with Gasteiger partial charge in [0, 0.05) is 23.2 Å². The average Bonchev–Trinajstić information content (AvgIpc) is 3.12. The number of ether oxygens (including phenoxy) is 2. The van der Waals surface area contributed by atoms with Gasteiger partial charge in [0.2, 0.25) is 5.91 Å². The minimum absolute atomic E-state index is 0.164. The van der Waals surface area contributed by atoms with Gasteiger partial charge < -0.3 is 14.8 Å². The first-order chi connectivity index (χ1) is 17.4. The number of benzene rings is 3. The molecule has 6 nitrogen and oxygen atoms in total. The summed E-state index contributed by atoms with van der Waals surface area (Å²) in [5, 5.41) is 3.34. The zero-order valence-corrected chi connectivity index (χ0v) is 22.0. The summed E-state index contributed by atoms with van der Waals surface area (Å²) in [6.45, 7) is 4.10. The monoisotopic (exact) mass is 538 g/mol. The predicted molar refractivity (Wildman–Crippen MR) is 150 cm³/mol. The number of hydrogen-bond donors (Lipinski definition) is 1. The molecule has 1 aliphatic heterocycles. The fourth-order valence-corrected chi connectivity index (χ4v) is 5.00. The molecule has 1 aliphatic rings. The molecule has 3 aromatic carbocycles. The van der Waals surface area contributed by atoms with E-state index in [1.165, 1.54) is 23.6 Å². The number of amides is 2. The molecule has 36 heavy (non-hydrogen) atoms. The van der Waals surface area contributed by atoms with E-state index in [0.717, 1.165) is 11.1 Å². The molecule has 1 saturated heterocycles. The standard InChI is InChI=1S/C27H23ClN2O4S2/c1-3-33-24-14-18(8-13-23(24)34-16-19-6-4-5-7-22(19)28)15-25-26(32)30(27(35)36-25)21-11-9-20(10-12-21)29-17(2)31/h4-15H,3,16H2,1-2H3,(H,29,31)/b25-15-. The first-order valence-corrected chi connectivity index (χ1v) is 12.7. The van der Waals surface area contributed by atoms with E-state index in [1.807, 2.05) is 49.4 Å². The first-order valence-electron chi connectivity index (χ1n) is 11.1. The van der Waals surface area contributed by atoms with E-state index in [2.05, 4.69) is 5.32 Å². The van der Waals surface area contributed by atoms with Crippen LogP contribution < -0.4 is 19.7 Å². The summed E-state index contributed by atoms with van der Waals surface area (Å²) in [7, 11) is 0. The largest absolute Gasteiger partial charge is 0.490 e. The number of rotatable bonds is 8. The zero-order chi connectivity index (χ0) is 25.7. The highest BCUT2D eigenvalue weighted by molar-refractivity contribution is 8.27. The number of nitrogens with zero attached hydrogens (tertiary/aromatic N) is 1. The van der Waals surface area contributed by atoms with Gasteiger partial charge in [0.05, 0.1) is 17.2 Å². The third-order valence-electron chi connectivity index (χ3n) is 5.15. The summed E-state index contributed by atoms with van der Waals surface area (Å²) < 4.78 is 12.2. The van der Waals surface area contributed by atoms with Gasteiger partial charge in [-0.2, -0.15) is 0 Å². The molecule has 0 atom stereocenters. The minimum atomic E-state index is -0.214. The molecule has 0 spiro atoms. The molecule has 4 rings (SSSR count). The van der Waals surface area contributed by atoms with Crippen molar-refractivity contribution in [2.75, 3.05) is 16.8 Å². The van der Waals surface area contributed by atoms with Crippen LogP contribution in [0.3, 0.4) is 0 Å². The van der Waals surface area contributed by atoms with Crippen molar-refractivity contribution in [2.45, 2.75) is 20.5 Å². The maximum atomic E-state index is 13.2. The average molecular weight is 539 g/mol. The lowest BCUT2D eigenvalue weighted by molar-refractivity contribution is -0.114. The van der Waals surface area contributed by atoms with E-state index in [4.69, 9.17) is 33.3 Å². The highest BCUT2D eigenvalue weighted by Gasteiger charge is 2.33. The van der Waals surface area contributed by atoms with Gasteiger partial charge in [0.1, 0.15) is 6.61 Å². The third kappa shape index (κ3) is 6.07. The van der Waals surface area contributed by atoms with Gasteiger partial charge in [-0.1, -0.05) is 59.8 Å². The molecule has 0 aliphatic carbocycles. The molecule has 0 aromatic heterocycles. The lowest BCUT2D eigenvalue weighted by Crippen LogP contribution is -2.27. The Labute approximate surface area is 224 Å². The Morgan fingerprint density at radius 2 is 1.83 bits per heavy atom. The van der Waals surface area contributed by atoms with Crippen LogP contribution in [0.5, 0.6) is 11.5 Å². The fourth-order valence-electron chi connectivity index (χ4n) is 3.51. The summed E-state index contributed by atoms with van der Waals surface area (Å²) >= 11 is 12.9. The van der Waals surface area contributed by atoms with Crippen molar-refractivity contribution < 1.29 is 19.1 Å². The van der Waals surface area contributed by atoms with Gasteiger partial charge in [-0.15, -0.1) is 0 Å². The SMILES string of the molecule is CCOc1cc(/C=C2\SC(=S)N(c3ccc(NC(C)=O)cc3)C2=O)ccc1OCc1ccccc1Cl. The quantitative estimate of drug-likeness (QED) is 0.255. The molecule has 0 bridgehead atoms. The highest BCUT2D eigenvalue weighted by atomic mass is 35.5. The van der Waals surface area contributed by atoms with Crippen molar-refractivity contribution in [1.29, 1.82) is 0 Å². The van der Waals surface area contributed by atoms with Crippen molar-refractivity contribution in [3.8, 4) is 11.5 Å². The summed E-state index contributed by atoms with van der Waals surface area (Å²) in [5.74, 6) is 0.778. The van der Waals surface area contributed by atoms with E-state index in [-0.39, 0.29) is 11.8 Å². The number of anilines is 2. The van der Waals surface area contributed by atoms with Crippen LogP contribution in [0.4, 0.5) is 11.4 Å². The van der Waals surface area contributed by atoms with Gasteiger partial charge in [-0.3, -0.25) is 14.5 Å². The number of thioether (sulfide) groups is 1. The summed E-state index contributed by atoms with van der Waals surface area (Å²) in [6, 6.07) is 20.0. The Morgan fingerprint density at radius 3 is 2.53 bits per heavy atom. The van der Waals surface area contributed by atoms with Gasteiger partial charge in [-0.25, -0.2) is 0 Å². The molecule has 184 valence electrons. The van der Waals surface area contributed by atoms with E-state index >= 15 is 0 Å². The molecular formula is C27H23ClN2O4S2. The van der Waals surface area contributed by atoms with Crippen molar-refractivity contribution in [1.82, 2.24) is 0 Å². The number of halogens is 1. The number of thiocarbonyl (C=S) groups is 1. The molecule has 0 saturated carbocycles. The van der Waals surface area contributed by atoms with E-state index in [1.54, 1.807) is 30.3 Å². The van der Waals surface area contributed by atoms with E-state index in [9.17, 15) is 9.59 Å². The highest BCUT2D eigenvalue weighted by Crippen LogP contribution is 2.38. The van der Waals surface area contributed by atoms with Crippen molar-refractivity contribution >= 4 is 69.2 Å². The Hall–Kier alpha value is -3.33. The van der Waals surface area contributed by atoms with Crippen LogP contribution in [-0.2, 0) is 16.2 Å². The maximum absolute atomic E-state index is 13.2. The molecule has 2 amide bonds. The second kappa shape index (κ2) is 11.6. The maximum Gasteiger partial charge on any atom is 0.270 e. The second-order valence-corrected chi connectivity index (χ2v) is 9.85. The lowest BCUT2D eigenvalue weighted by atomic mass is 10.1. The smallest absolute Gasteiger partial charge is 0.270 e. The van der Waals surface area contributed by atoms with Crippen LogP contribution in [0.25, 0.3) is 6.08 Å². The van der Waals surface area contributed by atoms with E-state index < -0.39 is 0 Å². The molecule has 9 heteroatoms. The summed E-state index contributed by atoms with van der Waals surface area (Å²) in [6.07, 6.45) is 1.78. The number of hydrogen-bond acceptors (Lipinski definition) is 6. The summed E-state index contributed by atoms with van der Waals surface area (Å²) in [5.41, 5.74) is 2.94. The van der Waals surface area contributed by atoms with Crippen LogP contribution in [0.2, 0.25) is 5.02 Å². The van der Waals surface area contributed by atoms with Gasteiger partial charge in [-0.05, 0) is 61.0 Å². The Balaban J connectivity index is 1.53. The van der Waals surface area contributed by atoms with Gasteiger partial charge >= 0.3 is 0 Å². The molecule has 3 aromatic rings. The number of carbonyl (C=O) groups is 2. The molecular weight excluding hydrogens is 516 g/mol. The zero-order valence-electron chi connectivity index (χ0n) is 19.6. The fraction of sp³-hybridized carbons (Fsp3) is 0.148. The topological polar surface area (TPSA) is 67.9 Å². The molecule has 0 unspecified atom stereocenters. The second-order valence-electron chi connectivity index (χ2n) is 7.76. The van der Waals surface area contributed by atoms with Crippen LogP contribution in [0, 0.1) is 0 Å². The van der Waals surface area contributed by atoms with Crippen molar-refractivity contribution in [3.63, 3.8) is 0 Å². The van der Waals surface area contributed by atoms with Crippen molar-refractivity contribution in [3.05, 3.63) is 87.8 Å². The predicted octanol–water partition coefficient (Wildman–Crippen LogP) is 6.68. The molecule has 1 fully saturated rings. The Morgan fingerprint density at radius 1 is 1.08 bits per heavy atom. The summed E-state index contributed by atoms with van der Waals surface area (Å²) in [4.78, 5) is 26.4. The normalized spacial score (nSPS) is 14.3. The Bertz CT molecular complexity index is 1340. The molecule has 1 N–H and O–H groups in total. The minimum Gasteiger partial charge on any atom is -0.490 e. The van der Waals surface area contributed by atoms with Crippen LogP contribution in [0.1, 0.15) is 25.0 Å². The molecule has 0 radical (unpaired) electrons.